The Balaban J connectivity index is 1.38. The molecular weight excluding hydrogens is 693 g/mol. The number of sulfonamides is 1. The highest BCUT2D eigenvalue weighted by molar-refractivity contribution is 7.89. The van der Waals surface area contributed by atoms with Crippen LogP contribution in [0, 0.1) is 16.7 Å². The van der Waals surface area contributed by atoms with Crippen molar-refractivity contribution in [2.45, 2.75) is 76.7 Å². The lowest BCUT2D eigenvalue weighted by Gasteiger charge is -2.35. The van der Waals surface area contributed by atoms with Gasteiger partial charge in [0, 0.05) is 44.3 Å². The van der Waals surface area contributed by atoms with Crippen LogP contribution in [0.15, 0.2) is 101 Å². The Bertz CT molecular complexity index is 1950. The molecule has 1 fully saturated rings. The largest absolute Gasteiger partial charge is 0.390 e. The smallest absolute Gasteiger partial charge is 0.321 e. The number of para-hydroxylation sites is 1. The van der Waals surface area contributed by atoms with Gasteiger partial charge in [-0.2, -0.15) is 9.21 Å². The molecule has 0 saturated carbocycles. The average molecular weight is 743 g/mol. The van der Waals surface area contributed by atoms with Crippen LogP contribution in [-0.4, -0.2) is 88.9 Å². The van der Waals surface area contributed by atoms with Gasteiger partial charge in [-0.1, -0.05) is 106 Å². The molecule has 2 N–H and O–H groups in total. The van der Waals surface area contributed by atoms with Crippen molar-refractivity contribution in [2.24, 2.45) is 17.0 Å². The molecule has 1 saturated heterocycles. The number of hydrogen-bond donors (Lipinski definition) is 2. The SMILES string of the molecule is CC[C@H](C)[C@@H](C(=O)N[C@@H](Cc1ccccc1)[C@H](O)CN(CC(C)C)S(=O)(=O)c1ccc(CN=O)cc1)N1CCN(Cc2cccc3cccnc23)C1=O. The molecule has 0 unspecified atom stereocenters. The molecule has 0 radical (unpaired) electrons. The topological polar surface area (TPSA) is 153 Å². The Kier molecular flexibility index (Phi) is 13.3. The molecule has 2 heterocycles. The number of aromatic nitrogens is 1. The van der Waals surface area contributed by atoms with Crippen molar-refractivity contribution in [1.29, 1.82) is 0 Å². The van der Waals surface area contributed by atoms with E-state index >= 15 is 0 Å². The minimum Gasteiger partial charge on any atom is -0.390 e. The summed E-state index contributed by atoms with van der Waals surface area (Å²) < 4.78 is 29.1. The molecule has 3 amide bonds. The summed E-state index contributed by atoms with van der Waals surface area (Å²) in [5.74, 6) is -0.678. The van der Waals surface area contributed by atoms with Crippen LogP contribution >= 0.6 is 0 Å². The van der Waals surface area contributed by atoms with E-state index in [1.807, 2.05) is 88.4 Å². The first-order valence-corrected chi connectivity index (χ1v) is 19.7. The highest BCUT2D eigenvalue weighted by atomic mass is 32.2. The van der Waals surface area contributed by atoms with Crippen molar-refractivity contribution in [3.63, 3.8) is 0 Å². The van der Waals surface area contributed by atoms with Crippen molar-refractivity contribution in [1.82, 2.24) is 24.4 Å². The van der Waals surface area contributed by atoms with E-state index in [9.17, 15) is 28.0 Å². The molecule has 282 valence electrons. The molecule has 1 aliphatic rings. The van der Waals surface area contributed by atoms with Gasteiger partial charge in [0.2, 0.25) is 15.9 Å². The summed E-state index contributed by atoms with van der Waals surface area (Å²) in [6.45, 7) is 8.61. The van der Waals surface area contributed by atoms with Crippen LogP contribution in [-0.2, 0) is 34.3 Å². The van der Waals surface area contributed by atoms with Gasteiger partial charge in [0.15, 0.2) is 0 Å². The summed E-state index contributed by atoms with van der Waals surface area (Å²) in [6, 6.07) is 23.2. The fourth-order valence-corrected chi connectivity index (χ4v) is 8.48. The second-order valence-electron chi connectivity index (χ2n) is 14.2. The Hall–Kier alpha value is -4.72. The molecule has 5 rings (SSSR count). The number of fused-ring (bicyclic) bond motifs is 1. The number of rotatable bonds is 18. The zero-order chi connectivity index (χ0) is 38.1. The van der Waals surface area contributed by atoms with Crippen LogP contribution in [0.1, 0.15) is 50.8 Å². The summed E-state index contributed by atoms with van der Waals surface area (Å²) in [7, 11) is -4.07. The molecule has 53 heavy (non-hydrogen) atoms. The standard InChI is InChI=1S/C40H50N6O6S/c1-5-29(4)38(46-22-21-44(40(46)49)26-33-14-9-13-32-15-10-20-41-37(32)33)39(48)43-35(23-30-11-7-6-8-12-30)36(47)27-45(25-28(2)3)53(51,52)34-18-16-31(17-19-34)24-42-50/h6-20,28-29,35-36,38,47H,5,21-27H2,1-4H3,(H,43,48)/t29-,35-,36+,38-/m0/s1. The number of hydrogen-bond acceptors (Lipinski definition) is 8. The number of amides is 3. The van der Waals surface area contributed by atoms with E-state index in [4.69, 9.17) is 0 Å². The maximum absolute atomic E-state index is 14.4. The van der Waals surface area contributed by atoms with E-state index < -0.39 is 34.1 Å². The first-order valence-electron chi connectivity index (χ1n) is 18.2. The van der Waals surface area contributed by atoms with E-state index in [2.05, 4.69) is 15.5 Å². The molecule has 0 aliphatic carbocycles. The highest BCUT2D eigenvalue weighted by Gasteiger charge is 2.41. The van der Waals surface area contributed by atoms with Crippen LogP contribution in [0.3, 0.4) is 0 Å². The number of nitroso groups, excluding NO2 is 1. The number of pyridine rings is 1. The van der Waals surface area contributed by atoms with Crippen molar-refractivity contribution in [3.05, 3.63) is 113 Å². The lowest BCUT2D eigenvalue weighted by atomic mass is 9.95. The lowest BCUT2D eigenvalue weighted by molar-refractivity contribution is -0.128. The molecule has 13 heteroatoms. The molecule has 12 nitrogen and oxygen atoms in total. The van der Waals surface area contributed by atoms with E-state index in [1.165, 1.54) is 16.4 Å². The van der Waals surface area contributed by atoms with Gasteiger partial charge in [0.1, 0.15) is 12.6 Å². The van der Waals surface area contributed by atoms with Crippen LogP contribution in [0.25, 0.3) is 10.9 Å². The molecule has 0 spiro atoms. The zero-order valence-corrected chi connectivity index (χ0v) is 31.7. The quantitative estimate of drug-likeness (QED) is 0.126. The Morgan fingerprint density at radius 2 is 1.66 bits per heavy atom. The number of aliphatic hydroxyl groups excluding tert-OH is 1. The van der Waals surface area contributed by atoms with E-state index in [1.54, 1.807) is 28.1 Å². The van der Waals surface area contributed by atoms with Crippen LogP contribution in [0.5, 0.6) is 0 Å². The van der Waals surface area contributed by atoms with E-state index in [0.717, 1.165) is 22.0 Å². The molecule has 4 atom stereocenters. The second kappa shape index (κ2) is 17.9. The number of carbonyl (C=O) groups excluding carboxylic acids is 2. The van der Waals surface area contributed by atoms with Gasteiger partial charge in [-0.05, 0) is 53.1 Å². The Labute approximate surface area is 312 Å². The van der Waals surface area contributed by atoms with Crippen molar-refractivity contribution >= 4 is 32.9 Å². The molecule has 3 aromatic carbocycles. The van der Waals surface area contributed by atoms with Gasteiger partial charge >= 0.3 is 6.03 Å². The lowest BCUT2D eigenvalue weighted by Crippen LogP contribution is -2.57. The molecular formula is C40H50N6O6S. The number of benzene rings is 3. The van der Waals surface area contributed by atoms with Crippen LogP contribution in [0.2, 0.25) is 0 Å². The van der Waals surface area contributed by atoms with Gasteiger partial charge < -0.3 is 20.2 Å². The fraction of sp³-hybridized carbons (Fsp3) is 0.425. The number of carbonyl (C=O) groups is 2. The van der Waals surface area contributed by atoms with Gasteiger partial charge in [-0.25, -0.2) is 13.2 Å². The summed E-state index contributed by atoms with van der Waals surface area (Å²) in [6.07, 6.45) is 1.30. The Morgan fingerprint density at radius 3 is 2.34 bits per heavy atom. The number of urea groups is 1. The summed E-state index contributed by atoms with van der Waals surface area (Å²) in [4.78, 5) is 47.0. The maximum atomic E-state index is 14.4. The highest BCUT2D eigenvalue weighted by Crippen LogP contribution is 2.26. The van der Waals surface area contributed by atoms with Crippen molar-refractivity contribution in [3.8, 4) is 0 Å². The predicted octanol–water partition coefficient (Wildman–Crippen LogP) is 5.59. The van der Waals surface area contributed by atoms with Gasteiger partial charge in [0.25, 0.3) is 0 Å². The molecule has 4 aromatic rings. The first-order chi connectivity index (χ1) is 25.4. The minimum atomic E-state index is -4.07. The first kappa shape index (κ1) is 39.5. The zero-order valence-electron chi connectivity index (χ0n) is 30.8. The van der Waals surface area contributed by atoms with Gasteiger partial charge in [-0.15, -0.1) is 0 Å². The average Bonchev–Trinajstić information content (AvgIpc) is 3.50. The van der Waals surface area contributed by atoms with E-state index in [0.29, 0.717) is 31.6 Å². The predicted molar refractivity (Wildman–Crippen MR) is 205 cm³/mol. The summed E-state index contributed by atoms with van der Waals surface area (Å²) in [5, 5.41) is 18.8. The number of nitrogens with one attached hydrogen (secondary N) is 1. The third-order valence-corrected chi connectivity index (χ3v) is 11.7. The Morgan fingerprint density at radius 1 is 0.943 bits per heavy atom. The van der Waals surface area contributed by atoms with Crippen molar-refractivity contribution < 1.29 is 23.1 Å². The van der Waals surface area contributed by atoms with E-state index in [-0.39, 0.29) is 48.8 Å². The molecule has 1 aromatic heterocycles. The fourth-order valence-electron chi connectivity index (χ4n) is 6.86. The van der Waals surface area contributed by atoms with Crippen LogP contribution < -0.4 is 5.32 Å². The van der Waals surface area contributed by atoms with Gasteiger partial charge in [-0.3, -0.25) is 9.78 Å². The third-order valence-electron chi connectivity index (χ3n) is 9.85. The molecule has 1 aliphatic heterocycles. The van der Waals surface area contributed by atoms with Gasteiger partial charge in [0.05, 0.1) is 22.6 Å². The van der Waals surface area contributed by atoms with Crippen molar-refractivity contribution in [2.75, 3.05) is 26.2 Å². The number of nitrogens with zero attached hydrogens (tertiary/aromatic N) is 5. The summed E-state index contributed by atoms with van der Waals surface area (Å²) >= 11 is 0. The normalized spacial score (nSPS) is 15.9. The third kappa shape index (κ3) is 9.64. The second-order valence-corrected chi connectivity index (χ2v) is 16.2. The van der Waals surface area contributed by atoms with Crippen LogP contribution in [0.4, 0.5) is 4.79 Å². The minimum absolute atomic E-state index is 0.0249. The monoisotopic (exact) mass is 742 g/mol. The maximum Gasteiger partial charge on any atom is 0.321 e. The molecule has 0 bridgehead atoms. The summed E-state index contributed by atoms with van der Waals surface area (Å²) in [5.41, 5.74) is 3.18. The number of aliphatic hydroxyl groups is 1.